The van der Waals surface area contributed by atoms with Crippen LogP contribution < -0.4 is 5.73 Å². The molecule has 0 aliphatic carbocycles. The number of aliphatic hydroxyl groups is 2. The number of carbonyl (C=O) groups is 2. The van der Waals surface area contributed by atoms with E-state index < -0.39 is 36.3 Å². The average molecular weight is 349 g/mol. The van der Waals surface area contributed by atoms with Gasteiger partial charge in [-0.15, -0.1) is 0 Å². The van der Waals surface area contributed by atoms with Crippen LogP contribution in [0, 0.1) is 0 Å². The maximum absolute atomic E-state index is 11.0. The molecular formula is C11H14N2O6Se. The number of primary amides is 1. The van der Waals surface area contributed by atoms with E-state index >= 15 is 0 Å². The summed E-state index contributed by atoms with van der Waals surface area (Å²) in [5, 5.41) is 19.8. The Balaban J connectivity index is 2.08. The molecule has 110 valence electrons. The predicted octanol–water partition coefficient (Wildman–Crippen LogP) is -2.04. The fourth-order valence-electron chi connectivity index (χ4n) is 1.82. The Morgan fingerprint density at radius 2 is 2.20 bits per heavy atom. The number of esters is 1. The Kier molecular flexibility index (Phi) is 4.56. The van der Waals surface area contributed by atoms with Crippen molar-refractivity contribution in [1.29, 1.82) is 0 Å². The molecule has 1 aromatic rings. The molecular weight excluding hydrogens is 335 g/mol. The minimum atomic E-state index is -1.18. The van der Waals surface area contributed by atoms with Gasteiger partial charge in [-0.3, -0.25) is 0 Å². The van der Waals surface area contributed by atoms with Gasteiger partial charge in [0.15, 0.2) is 0 Å². The fraction of sp³-hybridized carbons (Fsp3) is 0.545. The Morgan fingerprint density at radius 3 is 2.75 bits per heavy atom. The molecule has 0 bridgehead atoms. The number of aromatic nitrogens is 1. The van der Waals surface area contributed by atoms with E-state index in [0.29, 0.717) is 4.57 Å². The van der Waals surface area contributed by atoms with Gasteiger partial charge in [0.05, 0.1) is 0 Å². The van der Waals surface area contributed by atoms with Gasteiger partial charge in [-0.2, -0.15) is 0 Å². The summed E-state index contributed by atoms with van der Waals surface area (Å²) in [5.74, 6) is -1.15. The maximum atomic E-state index is 11.0. The number of nitrogens with zero attached hydrogens (tertiary/aromatic N) is 1. The van der Waals surface area contributed by atoms with Gasteiger partial charge in [0.2, 0.25) is 0 Å². The molecule has 2 rings (SSSR count). The monoisotopic (exact) mass is 350 g/mol. The van der Waals surface area contributed by atoms with E-state index in [4.69, 9.17) is 15.2 Å². The van der Waals surface area contributed by atoms with E-state index in [1.165, 1.54) is 6.92 Å². The molecule has 4 N–H and O–H groups in total. The molecule has 1 aliphatic heterocycles. The van der Waals surface area contributed by atoms with Crippen molar-refractivity contribution < 1.29 is 29.3 Å². The number of ether oxygens (including phenoxy) is 2. The number of hydrogen-bond acceptors (Lipinski definition) is 7. The molecule has 1 aromatic heterocycles. The SMILES string of the molecule is CC(=O)OC[C@H]1O[C@@H](c2nc(C(N)=O)c[se]2)[C@H](O)[C@@H]1O. The molecule has 9 heteroatoms. The zero-order chi connectivity index (χ0) is 14.9. The first-order chi connectivity index (χ1) is 9.40. The Hall–Kier alpha value is -1.25. The van der Waals surface area contributed by atoms with Crippen LogP contribution in [0.2, 0.25) is 0 Å². The topological polar surface area (TPSA) is 132 Å². The molecule has 1 fully saturated rings. The number of aliphatic hydroxyl groups excluding tert-OH is 2. The molecule has 1 amide bonds. The zero-order valence-electron chi connectivity index (χ0n) is 10.6. The molecule has 20 heavy (non-hydrogen) atoms. The van der Waals surface area contributed by atoms with Crippen molar-refractivity contribution in [3.05, 3.63) is 15.2 Å². The third-order valence-electron chi connectivity index (χ3n) is 2.83. The first-order valence-corrected chi connectivity index (χ1v) is 7.65. The Morgan fingerprint density at radius 1 is 1.50 bits per heavy atom. The van der Waals surface area contributed by atoms with Crippen LogP contribution in [0.5, 0.6) is 0 Å². The summed E-state index contributed by atoms with van der Waals surface area (Å²) in [4.78, 5) is 27.3. The molecule has 0 saturated carbocycles. The van der Waals surface area contributed by atoms with Crippen LogP contribution in [-0.4, -0.2) is 66.5 Å². The first-order valence-electron chi connectivity index (χ1n) is 5.80. The summed E-state index contributed by atoms with van der Waals surface area (Å²) in [7, 11) is 0. The summed E-state index contributed by atoms with van der Waals surface area (Å²) >= 11 is -0.272. The fourth-order valence-corrected chi connectivity index (χ4v) is 3.67. The number of rotatable bonds is 4. The summed E-state index contributed by atoms with van der Waals surface area (Å²) in [5.41, 5.74) is 5.25. The molecule has 1 saturated heterocycles. The van der Waals surface area contributed by atoms with Gasteiger partial charge < -0.3 is 0 Å². The summed E-state index contributed by atoms with van der Waals surface area (Å²) in [6.45, 7) is 1.09. The van der Waals surface area contributed by atoms with Crippen molar-refractivity contribution in [1.82, 2.24) is 4.98 Å². The van der Waals surface area contributed by atoms with Crippen molar-refractivity contribution in [3.63, 3.8) is 0 Å². The third kappa shape index (κ3) is 3.08. The predicted molar refractivity (Wildman–Crippen MR) is 66.0 cm³/mol. The number of hydrogen-bond donors (Lipinski definition) is 3. The van der Waals surface area contributed by atoms with Gasteiger partial charge >= 0.3 is 120 Å². The minimum absolute atomic E-state index is 0.133. The van der Waals surface area contributed by atoms with Gasteiger partial charge in [-0.05, 0) is 0 Å². The second-order valence-corrected chi connectivity index (χ2v) is 6.18. The normalized spacial score (nSPS) is 29.4. The molecule has 4 atom stereocenters. The van der Waals surface area contributed by atoms with Crippen LogP contribution in [0.25, 0.3) is 0 Å². The van der Waals surface area contributed by atoms with Crippen LogP contribution in [0.3, 0.4) is 0 Å². The van der Waals surface area contributed by atoms with Crippen LogP contribution in [0.1, 0.15) is 28.1 Å². The second kappa shape index (κ2) is 6.02. The van der Waals surface area contributed by atoms with Crippen LogP contribution in [0.4, 0.5) is 0 Å². The molecule has 1 aliphatic rings. The van der Waals surface area contributed by atoms with E-state index in [-0.39, 0.29) is 26.8 Å². The molecule has 8 nitrogen and oxygen atoms in total. The van der Waals surface area contributed by atoms with Crippen LogP contribution in [0.15, 0.2) is 4.94 Å². The van der Waals surface area contributed by atoms with Crippen molar-refractivity contribution in [2.75, 3.05) is 6.61 Å². The number of amides is 1. The van der Waals surface area contributed by atoms with Gasteiger partial charge in [0.1, 0.15) is 0 Å². The van der Waals surface area contributed by atoms with Crippen LogP contribution in [-0.2, 0) is 14.3 Å². The van der Waals surface area contributed by atoms with Gasteiger partial charge in [-0.1, -0.05) is 0 Å². The van der Waals surface area contributed by atoms with Gasteiger partial charge in [0, 0.05) is 0 Å². The Bertz CT molecular complexity index is 519. The zero-order valence-corrected chi connectivity index (χ0v) is 12.3. The molecule has 0 spiro atoms. The molecule has 2 heterocycles. The molecule has 0 radical (unpaired) electrons. The van der Waals surface area contributed by atoms with E-state index in [1.807, 2.05) is 0 Å². The standard InChI is InChI=1S/C11H14N2O6Se/c1-4(14)18-2-6-7(15)8(16)9(19-6)11-13-5(3-20-11)10(12)17/h3,6-9,15-16H,2H2,1H3,(H2,12,17)/t6-,7-,8-,9-/m1/s1. The third-order valence-corrected chi connectivity index (χ3v) is 4.73. The van der Waals surface area contributed by atoms with E-state index in [2.05, 4.69) is 4.98 Å². The number of nitrogens with two attached hydrogens (primary N) is 1. The molecule has 0 aromatic carbocycles. The van der Waals surface area contributed by atoms with E-state index in [1.54, 1.807) is 4.94 Å². The quantitative estimate of drug-likeness (QED) is 0.422. The van der Waals surface area contributed by atoms with Crippen molar-refractivity contribution in [3.8, 4) is 0 Å². The van der Waals surface area contributed by atoms with Crippen LogP contribution >= 0.6 is 0 Å². The average Bonchev–Trinajstić information content (AvgIpc) is 2.95. The van der Waals surface area contributed by atoms with Crippen molar-refractivity contribution >= 4 is 26.4 Å². The second-order valence-electron chi connectivity index (χ2n) is 4.31. The van der Waals surface area contributed by atoms with Gasteiger partial charge in [0.25, 0.3) is 0 Å². The number of carbonyl (C=O) groups excluding carboxylic acids is 2. The summed E-state index contributed by atoms with van der Waals surface area (Å²) in [6, 6.07) is 0. The van der Waals surface area contributed by atoms with Crippen molar-refractivity contribution in [2.45, 2.75) is 31.3 Å². The molecule has 0 unspecified atom stereocenters. The summed E-state index contributed by atoms with van der Waals surface area (Å²) in [6.07, 6.45) is -4.01. The Labute approximate surface area is 120 Å². The first kappa shape index (κ1) is 15.1. The van der Waals surface area contributed by atoms with E-state index in [9.17, 15) is 19.8 Å². The van der Waals surface area contributed by atoms with Crippen molar-refractivity contribution in [2.24, 2.45) is 5.73 Å². The van der Waals surface area contributed by atoms with E-state index in [0.717, 1.165) is 0 Å². The van der Waals surface area contributed by atoms with Gasteiger partial charge in [-0.25, -0.2) is 0 Å². The summed E-state index contributed by atoms with van der Waals surface area (Å²) < 4.78 is 10.7.